The highest BCUT2D eigenvalue weighted by Gasteiger charge is 2.26. The molecule has 0 aliphatic heterocycles. The topological polar surface area (TPSA) is 59.7 Å². The third-order valence-corrected chi connectivity index (χ3v) is 5.50. The fraction of sp³-hybridized carbons (Fsp3) is 0.174. The molecule has 2 N–H and O–H groups in total. The zero-order valence-corrected chi connectivity index (χ0v) is 19.4. The molecule has 2 aromatic heterocycles. The minimum absolute atomic E-state index is 0.178. The molecule has 2 aromatic carbocycles. The molecule has 0 aliphatic carbocycles. The molecule has 0 saturated carbocycles. The normalized spacial score (nSPS) is 11.1. The van der Waals surface area contributed by atoms with Gasteiger partial charge in [-0.3, -0.25) is 9.36 Å². The number of aryl methyl sites for hydroxylation is 1. The summed E-state index contributed by atoms with van der Waals surface area (Å²) in [5.74, 6) is -9.81. The second-order valence-corrected chi connectivity index (χ2v) is 8.12. The van der Waals surface area contributed by atoms with Crippen molar-refractivity contribution in [2.75, 3.05) is 10.6 Å². The summed E-state index contributed by atoms with van der Waals surface area (Å²) in [6.07, 6.45) is 1.32. The highest BCUT2D eigenvalue weighted by molar-refractivity contribution is 7.80. The van der Waals surface area contributed by atoms with E-state index in [-0.39, 0.29) is 10.9 Å². The molecule has 0 bridgehead atoms. The molecule has 0 amide bonds. The van der Waals surface area contributed by atoms with Crippen LogP contribution in [0, 0.1) is 42.9 Å². The number of halogens is 5. The van der Waals surface area contributed by atoms with Crippen molar-refractivity contribution in [2.45, 2.75) is 26.9 Å². The number of thiocarbonyl (C=S) groups is 1. The van der Waals surface area contributed by atoms with Crippen LogP contribution in [0.1, 0.15) is 22.5 Å². The second-order valence-electron chi connectivity index (χ2n) is 7.72. The van der Waals surface area contributed by atoms with E-state index in [1.54, 1.807) is 0 Å². The first-order chi connectivity index (χ1) is 16.7. The lowest BCUT2D eigenvalue weighted by Gasteiger charge is -2.10. The van der Waals surface area contributed by atoms with Crippen LogP contribution in [-0.4, -0.2) is 24.7 Å². The first kappa shape index (κ1) is 24.3. The van der Waals surface area contributed by atoms with Crippen LogP contribution in [0.2, 0.25) is 0 Å². The molecule has 2 heterocycles. The monoisotopic (exact) mass is 506 g/mol. The molecule has 182 valence electrons. The van der Waals surface area contributed by atoms with Gasteiger partial charge in [-0.2, -0.15) is 10.2 Å². The van der Waals surface area contributed by atoms with E-state index < -0.39 is 41.2 Å². The number of aromatic nitrogens is 4. The Morgan fingerprint density at radius 2 is 1.46 bits per heavy atom. The van der Waals surface area contributed by atoms with Crippen LogP contribution in [0.15, 0.2) is 42.6 Å². The molecular formula is C23H19F5N6S. The van der Waals surface area contributed by atoms with Gasteiger partial charge in [-0.1, -0.05) is 30.3 Å². The van der Waals surface area contributed by atoms with E-state index in [0.717, 1.165) is 21.6 Å². The Bertz CT molecular complexity index is 1370. The van der Waals surface area contributed by atoms with Crippen LogP contribution in [0.3, 0.4) is 0 Å². The van der Waals surface area contributed by atoms with Crippen molar-refractivity contribution >= 4 is 28.8 Å². The number of benzene rings is 2. The lowest BCUT2D eigenvalue weighted by molar-refractivity contribution is 0.367. The average Bonchev–Trinajstić information content (AvgIpc) is 3.39. The molecule has 0 radical (unpaired) electrons. The number of nitrogens with zero attached hydrogens (tertiary/aromatic N) is 4. The van der Waals surface area contributed by atoms with Crippen molar-refractivity contribution in [1.29, 1.82) is 0 Å². The molecular weight excluding hydrogens is 487 g/mol. The largest absolute Gasteiger partial charge is 0.329 e. The smallest absolute Gasteiger partial charge is 0.200 e. The molecule has 4 rings (SSSR count). The van der Waals surface area contributed by atoms with Crippen LogP contribution in [0.4, 0.5) is 33.5 Å². The van der Waals surface area contributed by atoms with Gasteiger partial charge in [0.05, 0.1) is 35.7 Å². The first-order valence-electron chi connectivity index (χ1n) is 10.4. The molecule has 35 heavy (non-hydrogen) atoms. The van der Waals surface area contributed by atoms with Gasteiger partial charge in [0.25, 0.3) is 0 Å². The summed E-state index contributed by atoms with van der Waals surface area (Å²) in [6.45, 7) is 3.64. The number of hydrogen-bond acceptors (Lipinski definition) is 3. The van der Waals surface area contributed by atoms with Crippen molar-refractivity contribution in [1.82, 2.24) is 19.6 Å². The third-order valence-electron chi connectivity index (χ3n) is 5.30. The minimum atomic E-state index is -2.21. The van der Waals surface area contributed by atoms with E-state index in [2.05, 4.69) is 20.8 Å². The molecule has 0 aliphatic rings. The van der Waals surface area contributed by atoms with Gasteiger partial charge >= 0.3 is 0 Å². The van der Waals surface area contributed by atoms with Crippen LogP contribution in [0.5, 0.6) is 0 Å². The molecule has 0 atom stereocenters. The van der Waals surface area contributed by atoms with E-state index in [1.807, 2.05) is 48.9 Å². The Balaban J connectivity index is 1.44. The predicted molar refractivity (Wildman–Crippen MR) is 125 cm³/mol. The second kappa shape index (κ2) is 9.82. The van der Waals surface area contributed by atoms with Crippen molar-refractivity contribution in [3.05, 3.63) is 94.2 Å². The Kier molecular flexibility index (Phi) is 6.83. The number of rotatable bonds is 6. The highest BCUT2D eigenvalue weighted by atomic mass is 32.1. The lowest BCUT2D eigenvalue weighted by atomic mass is 10.1. The fourth-order valence-corrected chi connectivity index (χ4v) is 3.72. The van der Waals surface area contributed by atoms with Crippen molar-refractivity contribution in [2.24, 2.45) is 0 Å². The third kappa shape index (κ3) is 5.02. The van der Waals surface area contributed by atoms with Crippen LogP contribution in [-0.2, 0) is 13.1 Å². The summed E-state index contributed by atoms with van der Waals surface area (Å²) in [5.41, 5.74) is 2.38. The van der Waals surface area contributed by atoms with Crippen molar-refractivity contribution < 1.29 is 22.0 Å². The Hall–Kier alpha value is -3.80. The summed E-state index contributed by atoms with van der Waals surface area (Å²) in [7, 11) is 0. The van der Waals surface area contributed by atoms with Gasteiger partial charge in [0.1, 0.15) is 0 Å². The van der Waals surface area contributed by atoms with Gasteiger partial charge < -0.3 is 10.6 Å². The Morgan fingerprint density at radius 1 is 0.829 bits per heavy atom. The summed E-state index contributed by atoms with van der Waals surface area (Å²) in [5, 5.41) is 14.6. The first-order valence-corrected chi connectivity index (χ1v) is 10.8. The van der Waals surface area contributed by atoms with Crippen molar-refractivity contribution in [3.8, 4) is 0 Å². The maximum atomic E-state index is 13.9. The van der Waals surface area contributed by atoms with Crippen LogP contribution >= 0.6 is 12.2 Å². The van der Waals surface area contributed by atoms with Gasteiger partial charge in [0, 0.05) is 12.3 Å². The zero-order chi connectivity index (χ0) is 25.3. The van der Waals surface area contributed by atoms with Crippen LogP contribution < -0.4 is 10.6 Å². The standard InChI is InChI=1S/C23H19F5N6S/c1-12-22(13(2)34(31-12)10-14-6-4-3-5-7-14)30-23(35)29-16-8-9-33(32-16)11-15-17(24)19(26)21(28)20(27)18(15)25/h3-9H,10-11H2,1-2H3,(H2,29,30,32,35). The van der Waals surface area contributed by atoms with E-state index in [0.29, 0.717) is 12.2 Å². The predicted octanol–water partition coefficient (Wildman–Crippen LogP) is 5.30. The van der Waals surface area contributed by atoms with Gasteiger partial charge in [-0.15, -0.1) is 0 Å². The maximum Gasteiger partial charge on any atom is 0.200 e. The SMILES string of the molecule is Cc1nn(Cc2ccccc2)c(C)c1NC(=S)Nc1ccn(Cc2c(F)c(F)c(F)c(F)c2F)n1. The van der Waals surface area contributed by atoms with E-state index in [4.69, 9.17) is 12.2 Å². The Morgan fingerprint density at radius 3 is 2.11 bits per heavy atom. The Labute approximate surface area is 202 Å². The van der Waals surface area contributed by atoms with Gasteiger partial charge in [0.15, 0.2) is 34.2 Å². The summed E-state index contributed by atoms with van der Waals surface area (Å²) in [4.78, 5) is 0. The quantitative estimate of drug-likeness (QED) is 0.161. The highest BCUT2D eigenvalue weighted by Crippen LogP contribution is 2.24. The molecule has 0 saturated heterocycles. The zero-order valence-electron chi connectivity index (χ0n) is 18.5. The molecule has 6 nitrogen and oxygen atoms in total. The summed E-state index contributed by atoms with van der Waals surface area (Å²) in [6, 6.07) is 11.3. The molecule has 4 aromatic rings. The van der Waals surface area contributed by atoms with Gasteiger partial charge in [-0.05, 0) is 31.6 Å². The maximum absolute atomic E-state index is 13.9. The number of hydrogen-bond donors (Lipinski definition) is 2. The number of nitrogens with one attached hydrogen (secondary N) is 2. The van der Waals surface area contributed by atoms with Gasteiger partial charge in [0.2, 0.25) is 5.82 Å². The van der Waals surface area contributed by atoms with Crippen LogP contribution in [0.25, 0.3) is 0 Å². The molecule has 12 heteroatoms. The number of anilines is 2. The molecule has 0 fully saturated rings. The van der Waals surface area contributed by atoms with Gasteiger partial charge in [-0.25, -0.2) is 22.0 Å². The summed E-state index contributed by atoms with van der Waals surface area (Å²) < 4.78 is 70.9. The molecule has 0 unspecified atom stereocenters. The average molecular weight is 507 g/mol. The fourth-order valence-electron chi connectivity index (χ4n) is 3.52. The molecule has 0 spiro atoms. The lowest BCUT2D eigenvalue weighted by Crippen LogP contribution is -2.20. The van der Waals surface area contributed by atoms with E-state index in [9.17, 15) is 22.0 Å². The van der Waals surface area contributed by atoms with E-state index in [1.165, 1.54) is 12.3 Å². The summed E-state index contributed by atoms with van der Waals surface area (Å²) >= 11 is 5.34. The van der Waals surface area contributed by atoms with Crippen molar-refractivity contribution in [3.63, 3.8) is 0 Å². The van der Waals surface area contributed by atoms with E-state index >= 15 is 0 Å². The minimum Gasteiger partial charge on any atom is -0.329 e.